The third-order valence-corrected chi connectivity index (χ3v) is 2.25. The van der Waals surface area contributed by atoms with Crippen molar-refractivity contribution in [2.75, 3.05) is 0 Å². The highest BCUT2D eigenvalue weighted by Crippen LogP contribution is 2.25. The lowest BCUT2D eigenvalue weighted by molar-refractivity contribution is 0.448. The van der Waals surface area contributed by atoms with E-state index in [0.29, 0.717) is 17.1 Å². The van der Waals surface area contributed by atoms with Crippen LogP contribution >= 0.6 is 0 Å². The van der Waals surface area contributed by atoms with E-state index in [1.54, 1.807) is 18.3 Å². The van der Waals surface area contributed by atoms with Crippen LogP contribution in [0.2, 0.25) is 0 Å². The van der Waals surface area contributed by atoms with Crippen LogP contribution in [0, 0.1) is 17.2 Å². The molecule has 2 heterocycles. The van der Waals surface area contributed by atoms with Crippen molar-refractivity contribution < 1.29 is 4.42 Å². The maximum Gasteiger partial charge on any atom is 0.214 e. The van der Waals surface area contributed by atoms with Gasteiger partial charge in [0.25, 0.3) is 0 Å². The number of oxazole rings is 1. The fraction of sp³-hybridized carbons (Fsp3) is 0.364. The summed E-state index contributed by atoms with van der Waals surface area (Å²) in [5, 5.41) is 9.00. The first-order chi connectivity index (χ1) is 7.22. The van der Waals surface area contributed by atoms with Crippen molar-refractivity contribution in [1.82, 2.24) is 9.97 Å². The highest BCUT2D eigenvalue weighted by atomic mass is 16.3. The number of nitrogens with zero attached hydrogens (tertiary/aromatic N) is 3. The van der Waals surface area contributed by atoms with Crippen LogP contribution in [0.4, 0.5) is 0 Å². The molecular formula is C11H11N3O. The van der Waals surface area contributed by atoms with Gasteiger partial charge in [-0.1, -0.05) is 13.8 Å². The van der Waals surface area contributed by atoms with Crippen molar-refractivity contribution >= 4 is 11.2 Å². The van der Waals surface area contributed by atoms with Crippen LogP contribution in [-0.2, 0) is 0 Å². The zero-order valence-electron chi connectivity index (χ0n) is 8.64. The summed E-state index contributed by atoms with van der Waals surface area (Å²) in [6.07, 6.45) is 1.66. The van der Waals surface area contributed by atoms with Gasteiger partial charge in [0.2, 0.25) is 5.89 Å². The standard InChI is InChI=1S/C11H11N3O/c1-7(2)8(6-12)11-14-10-9(15-11)4-3-5-13-10/h3-5,7-8H,1-2H3. The molecular weight excluding hydrogens is 190 g/mol. The fourth-order valence-corrected chi connectivity index (χ4v) is 1.41. The molecule has 0 aliphatic carbocycles. The van der Waals surface area contributed by atoms with Crippen LogP contribution in [-0.4, -0.2) is 9.97 Å². The molecule has 2 aromatic rings. The predicted molar refractivity (Wildman–Crippen MR) is 55.0 cm³/mol. The van der Waals surface area contributed by atoms with Gasteiger partial charge in [0, 0.05) is 6.20 Å². The smallest absolute Gasteiger partial charge is 0.214 e. The van der Waals surface area contributed by atoms with Crippen molar-refractivity contribution in [1.29, 1.82) is 5.26 Å². The molecule has 2 aromatic heterocycles. The van der Waals surface area contributed by atoms with Crippen molar-refractivity contribution in [3.8, 4) is 6.07 Å². The molecule has 0 amide bonds. The van der Waals surface area contributed by atoms with Gasteiger partial charge < -0.3 is 4.42 Å². The van der Waals surface area contributed by atoms with E-state index in [0.717, 1.165) is 0 Å². The second kappa shape index (κ2) is 3.70. The Bertz CT molecular complexity index is 477. The van der Waals surface area contributed by atoms with Gasteiger partial charge in [0.1, 0.15) is 5.92 Å². The minimum absolute atomic E-state index is 0.183. The molecule has 0 aromatic carbocycles. The quantitative estimate of drug-likeness (QED) is 0.748. The summed E-state index contributed by atoms with van der Waals surface area (Å²) in [5.41, 5.74) is 1.20. The van der Waals surface area contributed by atoms with Crippen molar-refractivity contribution in [3.05, 3.63) is 24.2 Å². The second-order valence-electron chi connectivity index (χ2n) is 3.73. The molecule has 4 nitrogen and oxygen atoms in total. The summed E-state index contributed by atoms with van der Waals surface area (Å²) in [6, 6.07) is 5.78. The fourth-order valence-electron chi connectivity index (χ4n) is 1.41. The van der Waals surface area contributed by atoms with Crippen molar-refractivity contribution in [2.24, 2.45) is 5.92 Å². The molecule has 0 aliphatic heterocycles. The molecule has 0 aliphatic rings. The molecule has 0 fully saturated rings. The van der Waals surface area contributed by atoms with Crippen LogP contribution in [0.25, 0.3) is 11.2 Å². The van der Waals surface area contributed by atoms with Crippen LogP contribution < -0.4 is 0 Å². The maximum absolute atomic E-state index is 9.00. The Morgan fingerprint density at radius 3 is 2.87 bits per heavy atom. The zero-order valence-corrected chi connectivity index (χ0v) is 8.64. The number of hydrogen-bond acceptors (Lipinski definition) is 4. The molecule has 0 saturated heterocycles. The van der Waals surface area contributed by atoms with Crippen molar-refractivity contribution in [3.63, 3.8) is 0 Å². The number of aromatic nitrogens is 2. The number of rotatable bonds is 2. The SMILES string of the molecule is CC(C)C(C#N)c1nc2ncccc2o1. The Labute approximate surface area is 87.6 Å². The maximum atomic E-state index is 9.00. The van der Waals surface area contributed by atoms with Gasteiger partial charge in [-0.15, -0.1) is 0 Å². The minimum Gasteiger partial charge on any atom is -0.437 e. The molecule has 0 N–H and O–H groups in total. The summed E-state index contributed by atoms with van der Waals surface area (Å²) in [4.78, 5) is 8.27. The lowest BCUT2D eigenvalue weighted by Crippen LogP contribution is -2.04. The topological polar surface area (TPSA) is 62.7 Å². The van der Waals surface area contributed by atoms with Gasteiger partial charge in [0.05, 0.1) is 6.07 Å². The van der Waals surface area contributed by atoms with Gasteiger partial charge >= 0.3 is 0 Å². The average molecular weight is 201 g/mol. The number of pyridine rings is 1. The monoisotopic (exact) mass is 201 g/mol. The second-order valence-corrected chi connectivity index (χ2v) is 3.73. The zero-order chi connectivity index (χ0) is 10.8. The van der Waals surface area contributed by atoms with Gasteiger partial charge in [-0.2, -0.15) is 10.2 Å². The number of fused-ring (bicyclic) bond motifs is 1. The third kappa shape index (κ3) is 1.68. The van der Waals surface area contributed by atoms with Crippen LogP contribution in [0.1, 0.15) is 25.7 Å². The largest absolute Gasteiger partial charge is 0.437 e. The van der Waals surface area contributed by atoms with E-state index in [4.69, 9.17) is 9.68 Å². The first-order valence-corrected chi connectivity index (χ1v) is 4.83. The summed E-state index contributed by atoms with van der Waals surface area (Å²) < 4.78 is 5.49. The van der Waals surface area contributed by atoms with E-state index < -0.39 is 0 Å². The van der Waals surface area contributed by atoms with Crippen LogP contribution in [0.5, 0.6) is 0 Å². The lowest BCUT2D eigenvalue weighted by Gasteiger charge is -2.06. The normalized spacial score (nSPS) is 12.9. The Kier molecular flexibility index (Phi) is 2.38. The molecule has 2 rings (SSSR count). The molecule has 4 heteroatoms. The van der Waals surface area contributed by atoms with Gasteiger partial charge in [-0.25, -0.2) is 4.98 Å². The van der Waals surface area contributed by atoms with E-state index in [1.165, 1.54) is 0 Å². The Morgan fingerprint density at radius 1 is 1.47 bits per heavy atom. The average Bonchev–Trinajstić information content (AvgIpc) is 2.61. The van der Waals surface area contributed by atoms with Gasteiger partial charge in [0.15, 0.2) is 11.2 Å². The van der Waals surface area contributed by atoms with Crippen LogP contribution in [0.15, 0.2) is 22.7 Å². The number of nitriles is 1. The third-order valence-electron chi connectivity index (χ3n) is 2.25. The molecule has 0 spiro atoms. The molecule has 1 atom stereocenters. The van der Waals surface area contributed by atoms with Gasteiger partial charge in [-0.3, -0.25) is 0 Å². The first kappa shape index (κ1) is 9.66. The molecule has 15 heavy (non-hydrogen) atoms. The lowest BCUT2D eigenvalue weighted by atomic mass is 9.98. The Hall–Kier alpha value is -1.89. The van der Waals surface area contributed by atoms with E-state index >= 15 is 0 Å². The molecule has 1 unspecified atom stereocenters. The summed E-state index contributed by atoms with van der Waals surface area (Å²) in [5.74, 6) is 0.337. The summed E-state index contributed by atoms with van der Waals surface area (Å²) in [7, 11) is 0. The number of hydrogen-bond donors (Lipinski definition) is 0. The molecule has 0 bridgehead atoms. The van der Waals surface area contributed by atoms with E-state index in [-0.39, 0.29) is 11.8 Å². The molecule has 0 saturated carbocycles. The highest BCUT2D eigenvalue weighted by molar-refractivity contribution is 5.67. The van der Waals surface area contributed by atoms with Crippen LogP contribution in [0.3, 0.4) is 0 Å². The van der Waals surface area contributed by atoms with E-state index in [2.05, 4.69) is 16.0 Å². The summed E-state index contributed by atoms with van der Waals surface area (Å²) in [6.45, 7) is 3.94. The predicted octanol–water partition coefficient (Wildman–Crippen LogP) is 2.49. The van der Waals surface area contributed by atoms with E-state index in [1.807, 2.05) is 13.8 Å². The highest BCUT2D eigenvalue weighted by Gasteiger charge is 2.21. The Morgan fingerprint density at radius 2 is 2.27 bits per heavy atom. The summed E-state index contributed by atoms with van der Waals surface area (Å²) >= 11 is 0. The van der Waals surface area contributed by atoms with Gasteiger partial charge in [-0.05, 0) is 18.1 Å². The minimum atomic E-state index is -0.306. The molecule has 76 valence electrons. The first-order valence-electron chi connectivity index (χ1n) is 4.83. The Balaban J connectivity index is 2.49. The van der Waals surface area contributed by atoms with E-state index in [9.17, 15) is 0 Å². The molecule has 0 radical (unpaired) electrons. The van der Waals surface area contributed by atoms with Crippen molar-refractivity contribution in [2.45, 2.75) is 19.8 Å².